The molecule has 4 rings (SSSR count). The first kappa shape index (κ1) is 20.3. The van der Waals surface area contributed by atoms with Gasteiger partial charge in [0.1, 0.15) is 11.5 Å². The fourth-order valence-electron chi connectivity index (χ4n) is 3.78. The molecular weight excluding hydrogens is 403 g/mol. The molecule has 0 unspecified atom stereocenters. The predicted molar refractivity (Wildman–Crippen MR) is 122 cm³/mol. The van der Waals surface area contributed by atoms with E-state index in [0.717, 1.165) is 62.6 Å². The summed E-state index contributed by atoms with van der Waals surface area (Å²) in [6, 6.07) is 18.5. The molecule has 1 aromatic heterocycles. The summed E-state index contributed by atoms with van der Waals surface area (Å²) in [6.07, 6.45) is 2.04. The highest BCUT2D eigenvalue weighted by molar-refractivity contribution is 6.42. The van der Waals surface area contributed by atoms with Crippen molar-refractivity contribution in [2.45, 2.75) is 19.8 Å². The third-order valence-corrected chi connectivity index (χ3v) is 6.27. The lowest BCUT2D eigenvalue weighted by Gasteiger charge is -2.36. The van der Waals surface area contributed by atoms with Gasteiger partial charge in [-0.25, -0.2) is 0 Å². The van der Waals surface area contributed by atoms with Crippen molar-refractivity contribution in [1.29, 1.82) is 0 Å². The van der Waals surface area contributed by atoms with Gasteiger partial charge >= 0.3 is 0 Å². The highest BCUT2D eigenvalue weighted by Crippen LogP contribution is 2.29. The van der Waals surface area contributed by atoms with Crippen LogP contribution in [0, 0.1) is 6.92 Å². The van der Waals surface area contributed by atoms with Gasteiger partial charge in [0.2, 0.25) is 0 Å². The molecule has 0 radical (unpaired) electrons. The Balaban J connectivity index is 1.23. The van der Waals surface area contributed by atoms with Crippen molar-refractivity contribution in [3.8, 4) is 11.3 Å². The summed E-state index contributed by atoms with van der Waals surface area (Å²) in [7, 11) is 0. The lowest BCUT2D eigenvalue weighted by Crippen LogP contribution is -2.46. The molecule has 0 atom stereocenters. The number of rotatable bonds is 6. The van der Waals surface area contributed by atoms with E-state index in [4.69, 9.17) is 27.6 Å². The number of benzene rings is 2. The zero-order valence-corrected chi connectivity index (χ0v) is 18.2. The zero-order valence-electron chi connectivity index (χ0n) is 16.7. The summed E-state index contributed by atoms with van der Waals surface area (Å²) in [6.45, 7) is 7.64. The van der Waals surface area contributed by atoms with Gasteiger partial charge in [0.25, 0.3) is 0 Å². The summed E-state index contributed by atoms with van der Waals surface area (Å²) >= 11 is 12.1. The molecule has 0 bridgehead atoms. The van der Waals surface area contributed by atoms with Gasteiger partial charge in [-0.1, -0.05) is 40.9 Å². The molecule has 3 aromatic rings. The van der Waals surface area contributed by atoms with Crippen molar-refractivity contribution in [3.63, 3.8) is 0 Å². The number of hydrogen-bond donors (Lipinski definition) is 0. The van der Waals surface area contributed by atoms with E-state index in [0.29, 0.717) is 10.0 Å². The second-order valence-corrected chi connectivity index (χ2v) is 8.48. The van der Waals surface area contributed by atoms with Gasteiger partial charge in [-0.3, -0.25) is 4.90 Å². The molecule has 1 aliphatic rings. The number of nitrogens with zero attached hydrogens (tertiary/aromatic N) is 2. The molecule has 0 spiro atoms. The first-order valence-electron chi connectivity index (χ1n) is 10.2. The minimum atomic E-state index is 0.548. The first-order valence-corrected chi connectivity index (χ1v) is 10.9. The second kappa shape index (κ2) is 9.25. The lowest BCUT2D eigenvalue weighted by molar-refractivity contribution is 0.253. The number of piperazine rings is 1. The summed E-state index contributed by atoms with van der Waals surface area (Å²) in [5.41, 5.74) is 3.60. The van der Waals surface area contributed by atoms with E-state index in [9.17, 15) is 0 Å². The average molecular weight is 429 g/mol. The molecule has 2 heterocycles. The standard InChI is InChI=1S/C24H26Cl2N2O/c1-18-4-7-20(8-5-18)28-15-13-27(14-16-28)12-2-3-21-9-11-24(29-21)19-6-10-22(25)23(26)17-19/h4-11,17H,2-3,12-16H2,1H3. The Morgan fingerprint density at radius 2 is 1.62 bits per heavy atom. The van der Waals surface area contributed by atoms with Crippen molar-refractivity contribution >= 4 is 28.9 Å². The maximum absolute atomic E-state index is 6.11. The van der Waals surface area contributed by atoms with Gasteiger partial charge in [0, 0.05) is 43.9 Å². The van der Waals surface area contributed by atoms with Crippen LogP contribution in [0.1, 0.15) is 17.7 Å². The highest BCUT2D eigenvalue weighted by Gasteiger charge is 2.17. The second-order valence-electron chi connectivity index (χ2n) is 7.66. The van der Waals surface area contributed by atoms with Crippen molar-refractivity contribution in [3.05, 3.63) is 76.0 Å². The summed E-state index contributed by atoms with van der Waals surface area (Å²) in [4.78, 5) is 5.03. The molecule has 1 fully saturated rings. The van der Waals surface area contributed by atoms with Crippen LogP contribution >= 0.6 is 23.2 Å². The lowest BCUT2D eigenvalue weighted by atomic mass is 10.2. The fraction of sp³-hybridized carbons (Fsp3) is 0.333. The van der Waals surface area contributed by atoms with Crippen LogP contribution in [-0.4, -0.2) is 37.6 Å². The summed E-state index contributed by atoms with van der Waals surface area (Å²) in [5.74, 6) is 1.86. The largest absolute Gasteiger partial charge is 0.461 e. The molecule has 2 aromatic carbocycles. The highest BCUT2D eigenvalue weighted by atomic mass is 35.5. The van der Waals surface area contributed by atoms with Crippen LogP contribution in [0.2, 0.25) is 10.0 Å². The van der Waals surface area contributed by atoms with Crippen molar-refractivity contribution in [2.75, 3.05) is 37.6 Å². The van der Waals surface area contributed by atoms with E-state index in [2.05, 4.69) is 47.1 Å². The Bertz CT molecular complexity index is 944. The van der Waals surface area contributed by atoms with Crippen LogP contribution in [0.5, 0.6) is 0 Å². The van der Waals surface area contributed by atoms with E-state index in [1.807, 2.05) is 18.2 Å². The number of hydrogen-bond acceptors (Lipinski definition) is 3. The van der Waals surface area contributed by atoms with Crippen LogP contribution in [0.3, 0.4) is 0 Å². The quantitative estimate of drug-likeness (QED) is 0.457. The minimum absolute atomic E-state index is 0.548. The maximum Gasteiger partial charge on any atom is 0.134 e. The van der Waals surface area contributed by atoms with E-state index in [1.165, 1.54) is 11.3 Å². The zero-order chi connectivity index (χ0) is 20.2. The van der Waals surface area contributed by atoms with Gasteiger partial charge in [-0.15, -0.1) is 0 Å². The van der Waals surface area contributed by atoms with Gasteiger partial charge < -0.3 is 9.32 Å². The average Bonchev–Trinajstić information content (AvgIpc) is 3.20. The molecule has 0 aliphatic carbocycles. The predicted octanol–water partition coefficient (Wildman–Crippen LogP) is 6.32. The van der Waals surface area contributed by atoms with Crippen molar-refractivity contribution < 1.29 is 4.42 Å². The van der Waals surface area contributed by atoms with Gasteiger partial charge in [-0.2, -0.15) is 0 Å². The molecule has 29 heavy (non-hydrogen) atoms. The Labute approximate surface area is 182 Å². The van der Waals surface area contributed by atoms with Crippen molar-refractivity contribution in [1.82, 2.24) is 4.90 Å². The molecule has 0 amide bonds. The van der Waals surface area contributed by atoms with E-state index >= 15 is 0 Å². The molecule has 5 heteroatoms. The third-order valence-electron chi connectivity index (χ3n) is 5.53. The number of halogens is 2. The minimum Gasteiger partial charge on any atom is -0.461 e. The molecule has 1 saturated heterocycles. The van der Waals surface area contributed by atoms with Gasteiger partial charge in [-0.05, 0) is 62.4 Å². The van der Waals surface area contributed by atoms with E-state index in [1.54, 1.807) is 6.07 Å². The number of anilines is 1. The first-order chi connectivity index (χ1) is 14.1. The Hall–Kier alpha value is -1.94. The summed E-state index contributed by atoms with van der Waals surface area (Å²) in [5, 5.41) is 1.11. The monoisotopic (exact) mass is 428 g/mol. The van der Waals surface area contributed by atoms with Crippen LogP contribution in [-0.2, 0) is 6.42 Å². The van der Waals surface area contributed by atoms with Gasteiger partial charge in [0.05, 0.1) is 10.0 Å². The normalized spacial score (nSPS) is 15.1. The van der Waals surface area contributed by atoms with Crippen LogP contribution < -0.4 is 4.90 Å². The third kappa shape index (κ3) is 5.16. The smallest absolute Gasteiger partial charge is 0.134 e. The number of furan rings is 1. The van der Waals surface area contributed by atoms with E-state index < -0.39 is 0 Å². The Morgan fingerprint density at radius 3 is 2.34 bits per heavy atom. The molecule has 1 aliphatic heterocycles. The number of aryl methyl sites for hydroxylation is 2. The van der Waals surface area contributed by atoms with Gasteiger partial charge in [0.15, 0.2) is 0 Å². The van der Waals surface area contributed by atoms with E-state index in [-0.39, 0.29) is 0 Å². The molecular formula is C24H26Cl2N2O. The maximum atomic E-state index is 6.11. The van der Waals surface area contributed by atoms with Crippen LogP contribution in [0.4, 0.5) is 5.69 Å². The molecule has 152 valence electrons. The topological polar surface area (TPSA) is 19.6 Å². The van der Waals surface area contributed by atoms with Crippen LogP contribution in [0.25, 0.3) is 11.3 Å². The van der Waals surface area contributed by atoms with Crippen LogP contribution in [0.15, 0.2) is 59.0 Å². The van der Waals surface area contributed by atoms with Crippen molar-refractivity contribution in [2.24, 2.45) is 0 Å². The fourth-order valence-corrected chi connectivity index (χ4v) is 4.08. The Morgan fingerprint density at radius 1 is 0.862 bits per heavy atom. The Kier molecular flexibility index (Phi) is 6.49. The SMILES string of the molecule is Cc1ccc(N2CCN(CCCc3ccc(-c4ccc(Cl)c(Cl)c4)o3)CC2)cc1. The molecule has 0 saturated carbocycles. The summed E-state index contributed by atoms with van der Waals surface area (Å²) < 4.78 is 6.01. The molecule has 3 nitrogen and oxygen atoms in total. The molecule has 0 N–H and O–H groups in total.